The van der Waals surface area contributed by atoms with E-state index in [9.17, 15) is 0 Å². The topological polar surface area (TPSA) is 18.5 Å². The molecular weight excluding hydrogens is 236 g/mol. The van der Waals surface area contributed by atoms with Gasteiger partial charge in [0.15, 0.2) is 0 Å². The molecule has 0 saturated carbocycles. The predicted molar refractivity (Wildman–Crippen MR) is 78.5 cm³/mol. The molecule has 2 heteroatoms. The summed E-state index contributed by atoms with van der Waals surface area (Å²) < 4.78 is 11.2. The van der Waals surface area contributed by atoms with Gasteiger partial charge < -0.3 is 9.47 Å². The van der Waals surface area contributed by atoms with Crippen LogP contribution in [0.25, 0.3) is 5.76 Å². The fraction of sp³-hybridized carbons (Fsp3) is 0.294. The predicted octanol–water partition coefficient (Wildman–Crippen LogP) is 4.31. The second-order valence-electron chi connectivity index (χ2n) is 4.53. The third-order valence-electron chi connectivity index (χ3n) is 2.92. The van der Waals surface area contributed by atoms with Gasteiger partial charge in [-0.2, -0.15) is 0 Å². The van der Waals surface area contributed by atoms with Crippen LogP contribution in [0, 0.1) is 0 Å². The lowest BCUT2D eigenvalue weighted by Crippen LogP contribution is -1.99. The monoisotopic (exact) mass is 256 g/mol. The Kier molecular flexibility index (Phi) is 4.99. The standard InChI is InChI=1S/C17H20O2/c1-3-7-14-10-11-17(15-8-5-4-6-9-15)19-16(12-14)13-18-2/h4-6,8-12H,3,7,13H2,1-2H3. The number of allylic oxidation sites excluding steroid dienone is 4. The van der Waals surface area contributed by atoms with Crippen LogP contribution in [0.1, 0.15) is 25.3 Å². The highest BCUT2D eigenvalue weighted by atomic mass is 16.5. The zero-order valence-corrected chi connectivity index (χ0v) is 11.6. The molecule has 2 nitrogen and oxygen atoms in total. The molecular formula is C17H20O2. The zero-order chi connectivity index (χ0) is 13.5. The molecule has 2 rings (SSSR count). The summed E-state index contributed by atoms with van der Waals surface area (Å²) in [6.07, 6.45) is 8.43. The van der Waals surface area contributed by atoms with Crippen molar-refractivity contribution >= 4 is 5.76 Å². The van der Waals surface area contributed by atoms with Gasteiger partial charge in [-0.1, -0.05) is 49.8 Å². The molecule has 0 spiro atoms. The SMILES string of the molecule is CCCC1=CC=C(c2ccccc2)OC(COC)=C1. The molecule has 0 N–H and O–H groups in total. The Morgan fingerprint density at radius 2 is 1.89 bits per heavy atom. The Bertz CT molecular complexity index is 495. The van der Waals surface area contributed by atoms with Crippen molar-refractivity contribution in [3.05, 3.63) is 65.5 Å². The minimum absolute atomic E-state index is 0.491. The van der Waals surface area contributed by atoms with E-state index >= 15 is 0 Å². The molecule has 0 radical (unpaired) electrons. The first-order valence-electron chi connectivity index (χ1n) is 6.67. The fourth-order valence-electron chi connectivity index (χ4n) is 2.06. The Balaban J connectivity index is 2.28. The van der Waals surface area contributed by atoms with Crippen LogP contribution in [0.3, 0.4) is 0 Å². The van der Waals surface area contributed by atoms with Crippen LogP contribution in [-0.2, 0) is 9.47 Å². The van der Waals surface area contributed by atoms with Crippen LogP contribution >= 0.6 is 0 Å². The van der Waals surface area contributed by atoms with Crippen LogP contribution in [0.15, 0.2) is 59.9 Å². The number of rotatable bonds is 5. The average molecular weight is 256 g/mol. The quantitative estimate of drug-likeness (QED) is 0.781. The summed E-state index contributed by atoms with van der Waals surface area (Å²) in [6, 6.07) is 10.1. The van der Waals surface area contributed by atoms with Gasteiger partial charge in [-0.25, -0.2) is 0 Å². The first-order valence-corrected chi connectivity index (χ1v) is 6.67. The normalized spacial score (nSPS) is 14.9. The van der Waals surface area contributed by atoms with E-state index in [2.05, 4.69) is 31.2 Å². The summed E-state index contributed by atoms with van der Waals surface area (Å²) >= 11 is 0. The van der Waals surface area contributed by atoms with Crippen molar-refractivity contribution in [2.45, 2.75) is 19.8 Å². The van der Waals surface area contributed by atoms with Gasteiger partial charge in [0.05, 0.1) is 0 Å². The van der Waals surface area contributed by atoms with Gasteiger partial charge in [0, 0.05) is 12.7 Å². The summed E-state index contributed by atoms with van der Waals surface area (Å²) in [7, 11) is 1.68. The van der Waals surface area contributed by atoms with Crippen molar-refractivity contribution in [2.24, 2.45) is 0 Å². The van der Waals surface area contributed by atoms with Gasteiger partial charge in [0.25, 0.3) is 0 Å². The molecule has 1 aromatic carbocycles. The summed E-state index contributed by atoms with van der Waals surface area (Å²) in [5, 5.41) is 0. The molecule has 0 aliphatic carbocycles. The summed E-state index contributed by atoms with van der Waals surface area (Å²) in [5.41, 5.74) is 2.36. The van der Waals surface area contributed by atoms with Crippen molar-refractivity contribution in [1.29, 1.82) is 0 Å². The van der Waals surface area contributed by atoms with Gasteiger partial charge in [-0.3, -0.25) is 0 Å². The van der Waals surface area contributed by atoms with Crippen LogP contribution in [0.5, 0.6) is 0 Å². The molecule has 1 heterocycles. The van der Waals surface area contributed by atoms with Crippen LogP contribution in [0.4, 0.5) is 0 Å². The van der Waals surface area contributed by atoms with E-state index in [0.717, 1.165) is 29.9 Å². The lowest BCUT2D eigenvalue weighted by Gasteiger charge is -2.11. The third-order valence-corrected chi connectivity index (χ3v) is 2.92. The lowest BCUT2D eigenvalue weighted by molar-refractivity contribution is 0.181. The number of ether oxygens (including phenoxy) is 2. The van der Waals surface area contributed by atoms with E-state index in [4.69, 9.17) is 9.47 Å². The molecule has 1 aliphatic rings. The third kappa shape index (κ3) is 3.83. The Hall–Kier alpha value is -1.80. The van der Waals surface area contributed by atoms with E-state index < -0.39 is 0 Å². The number of hydrogen-bond acceptors (Lipinski definition) is 2. The molecule has 1 aliphatic heterocycles. The fourth-order valence-corrected chi connectivity index (χ4v) is 2.06. The number of methoxy groups -OCH3 is 1. The van der Waals surface area contributed by atoms with Gasteiger partial charge >= 0.3 is 0 Å². The average Bonchev–Trinajstić information content (AvgIpc) is 2.63. The summed E-state index contributed by atoms with van der Waals surface area (Å²) in [4.78, 5) is 0. The largest absolute Gasteiger partial charge is 0.459 e. The number of benzene rings is 1. The first kappa shape index (κ1) is 13.6. The van der Waals surface area contributed by atoms with E-state index in [1.807, 2.05) is 24.3 Å². The van der Waals surface area contributed by atoms with E-state index in [1.54, 1.807) is 7.11 Å². The molecule has 0 saturated heterocycles. The second-order valence-corrected chi connectivity index (χ2v) is 4.53. The van der Waals surface area contributed by atoms with Gasteiger partial charge in [0.1, 0.15) is 18.1 Å². The molecule has 0 aromatic heterocycles. The maximum absolute atomic E-state index is 5.96. The minimum Gasteiger partial charge on any atom is -0.459 e. The maximum atomic E-state index is 5.96. The first-order chi connectivity index (χ1) is 9.33. The lowest BCUT2D eigenvalue weighted by atomic mass is 10.1. The molecule has 0 bridgehead atoms. The zero-order valence-electron chi connectivity index (χ0n) is 11.6. The summed E-state index contributed by atoms with van der Waals surface area (Å²) in [6.45, 7) is 2.67. The molecule has 1 aromatic rings. The highest BCUT2D eigenvalue weighted by Gasteiger charge is 2.10. The van der Waals surface area contributed by atoms with Crippen molar-refractivity contribution in [1.82, 2.24) is 0 Å². The Labute approximate surface area is 115 Å². The van der Waals surface area contributed by atoms with E-state index in [-0.39, 0.29) is 0 Å². The van der Waals surface area contributed by atoms with Gasteiger partial charge in [0.2, 0.25) is 0 Å². The van der Waals surface area contributed by atoms with Crippen molar-refractivity contribution in [3.63, 3.8) is 0 Å². The molecule has 19 heavy (non-hydrogen) atoms. The number of hydrogen-bond donors (Lipinski definition) is 0. The second kappa shape index (κ2) is 6.95. The molecule has 0 unspecified atom stereocenters. The minimum atomic E-state index is 0.491. The molecule has 0 atom stereocenters. The van der Waals surface area contributed by atoms with Crippen LogP contribution in [-0.4, -0.2) is 13.7 Å². The molecule has 0 amide bonds. The maximum Gasteiger partial charge on any atom is 0.134 e. The van der Waals surface area contributed by atoms with E-state index in [0.29, 0.717) is 6.61 Å². The Morgan fingerprint density at radius 3 is 2.58 bits per heavy atom. The van der Waals surface area contributed by atoms with Crippen molar-refractivity contribution in [3.8, 4) is 0 Å². The highest BCUT2D eigenvalue weighted by Crippen LogP contribution is 2.24. The molecule has 100 valence electrons. The van der Waals surface area contributed by atoms with Gasteiger partial charge in [-0.05, 0) is 24.1 Å². The van der Waals surface area contributed by atoms with Crippen LogP contribution in [0.2, 0.25) is 0 Å². The Morgan fingerprint density at radius 1 is 1.11 bits per heavy atom. The van der Waals surface area contributed by atoms with Gasteiger partial charge in [-0.15, -0.1) is 0 Å². The van der Waals surface area contributed by atoms with Crippen molar-refractivity contribution in [2.75, 3.05) is 13.7 Å². The molecule has 0 fully saturated rings. The van der Waals surface area contributed by atoms with Crippen molar-refractivity contribution < 1.29 is 9.47 Å². The highest BCUT2D eigenvalue weighted by molar-refractivity contribution is 5.63. The van der Waals surface area contributed by atoms with Crippen LogP contribution < -0.4 is 0 Å². The van der Waals surface area contributed by atoms with E-state index in [1.165, 1.54) is 5.57 Å². The smallest absolute Gasteiger partial charge is 0.134 e. The summed E-state index contributed by atoms with van der Waals surface area (Å²) in [5.74, 6) is 1.73.